The number of carboxylic acid groups (broad SMARTS) is 1. The molecule has 2 N–H and O–H groups in total. The summed E-state index contributed by atoms with van der Waals surface area (Å²) in [6, 6.07) is 13.0. The quantitative estimate of drug-likeness (QED) is 0.619. The van der Waals surface area contributed by atoms with Crippen LogP contribution in [0, 0.1) is 5.92 Å². The molecule has 3 aliphatic rings. The first-order chi connectivity index (χ1) is 16.7. The van der Waals surface area contributed by atoms with E-state index in [9.17, 15) is 28.3 Å². The third kappa shape index (κ3) is 4.72. The van der Waals surface area contributed by atoms with Gasteiger partial charge in [0.15, 0.2) is 0 Å². The second kappa shape index (κ2) is 8.94. The molecule has 1 unspecified atom stereocenters. The van der Waals surface area contributed by atoms with Crippen LogP contribution in [0.1, 0.15) is 42.7 Å². The average Bonchev–Trinajstić information content (AvgIpc) is 3.50. The fourth-order valence-corrected chi connectivity index (χ4v) is 5.16. The van der Waals surface area contributed by atoms with Gasteiger partial charge in [-0.3, -0.25) is 4.79 Å². The van der Waals surface area contributed by atoms with Gasteiger partial charge in [0.1, 0.15) is 18.7 Å². The number of hydrogen-bond acceptors (Lipinski definition) is 4. The third-order valence-electron chi connectivity index (χ3n) is 7.04. The number of hydrogen-bond donors (Lipinski definition) is 2. The molecule has 9 heteroatoms. The van der Waals surface area contributed by atoms with Crippen LogP contribution in [-0.2, 0) is 14.3 Å². The number of nitrogens with zero attached hydrogens (tertiary/aromatic N) is 1. The number of alkyl halides is 2. The zero-order valence-electron chi connectivity index (χ0n) is 19.0. The predicted octanol–water partition coefficient (Wildman–Crippen LogP) is 4.01. The number of likely N-dealkylation sites (tertiary alicyclic amines) is 1. The van der Waals surface area contributed by atoms with Gasteiger partial charge in [0, 0.05) is 12.3 Å². The zero-order valence-corrected chi connectivity index (χ0v) is 19.0. The summed E-state index contributed by atoms with van der Waals surface area (Å²) in [5, 5.41) is 11.9. The summed E-state index contributed by atoms with van der Waals surface area (Å²) in [6.45, 7) is -0.930. The molecule has 2 amide bonds. The minimum absolute atomic E-state index is 0.0454. The number of fused-ring (bicyclic) bond motifs is 3. The molecule has 5 rings (SSSR count). The second-order valence-electron chi connectivity index (χ2n) is 9.58. The van der Waals surface area contributed by atoms with E-state index in [1.165, 1.54) is 0 Å². The normalized spacial score (nSPS) is 21.2. The summed E-state index contributed by atoms with van der Waals surface area (Å²) >= 11 is 0. The highest BCUT2D eigenvalue weighted by molar-refractivity contribution is 5.90. The second-order valence-corrected chi connectivity index (χ2v) is 9.58. The first kappa shape index (κ1) is 23.3. The van der Waals surface area contributed by atoms with E-state index in [2.05, 4.69) is 5.32 Å². The standard InChI is InChI=1S/C26H26F2N2O5/c27-26(28)12-22(24(32)33)30(14-26)23(31)21(11-15-9-10-15)29-25(34)35-13-20-18-7-3-1-5-16(18)17-6-2-4-8-19(17)20/h1-8,15,20-22H,9-14H2,(H,29,34)(H,32,33)/t21-,22?/m0/s1. The SMILES string of the molecule is O=C(N[C@@H](CC1CC1)C(=O)N1CC(F)(F)CC1C(=O)O)OCC1c2ccccc2-c2ccccc21. The first-order valence-corrected chi connectivity index (χ1v) is 11.8. The Hall–Kier alpha value is -3.49. The number of carbonyl (C=O) groups excluding carboxylic acids is 2. The molecule has 2 aromatic carbocycles. The molecule has 2 aliphatic carbocycles. The Bertz CT molecular complexity index is 1120. The number of nitrogens with one attached hydrogen (secondary N) is 1. The summed E-state index contributed by atoms with van der Waals surface area (Å²) in [5.41, 5.74) is 4.23. The number of halogens is 2. The van der Waals surface area contributed by atoms with Gasteiger partial charge in [0.05, 0.1) is 6.54 Å². The van der Waals surface area contributed by atoms with Crippen LogP contribution in [0.15, 0.2) is 48.5 Å². The summed E-state index contributed by atoms with van der Waals surface area (Å²) in [4.78, 5) is 38.0. The van der Waals surface area contributed by atoms with Gasteiger partial charge in [-0.15, -0.1) is 0 Å². The highest BCUT2D eigenvalue weighted by atomic mass is 19.3. The van der Waals surface area contributed by atoms with Gasteiger partial charge in [-0.05, 0) is 34.6 Å². The van der Waals surface area contributed by atoms with Crippen molar-refractivity contribution in [2.24, 2.45) is 5.92 Å². The maximum absolute atomic E-state index is 13.9. The smallest absolute Gasteiger partial charge is 0.407 e. The Kier molecular flexibility index (Phi) is 5.94. The predicted molar refractivity (Wildman–Crippen MR) is 122 cm³/mol. The Morgan fingerprint density at radius 1 is 1.06 bits per heavy atom. The number of aliphatic carboxylic acids is 1. The molecule has 1 heterocycles. The van der Waals surface area contributed by atoms with E-state index in [0.717, 1.165) is 35.1 Å². The van der Waals surface area contributed by atoms with Gasteiger partial charge >= 0.3 is 12.1 Å². The van der Waals surface area contributed by atoms with Crippen LogP contribution in [0.5, 0.6) is 0 Å². The largest absolute Gasteiger partial charge is 0.480 e. The third-order valence-corrected chi connectivity index (χ3v) is 7.04. The maximum atomic E-state index is 13.9. The van der Waals surface area contributed by atoms with Gasteiger partial charge in [0.25, 0.3) is 5.92 Å². The van der Waals surface area contributed by atoms with Crippen molar-refractivity contribution >= 4 is 18.0 Å². The Morgan fingerprint density at radius 2 is 1.66 bits per heavy atom. The molecule has 0 spiro atoms. The van der Waals surface area contributed by atoms with Crippen LogP contribution < -0.4 is 5.32 Å². The van der Waals surface area contributed by atoms with Gasteiger partial charge in [-0.2, -0.15) is 0 Å². The number of carboxylic acids is 1. The molecule has 0 aromatic heterocycles. The van der Waals surface area contributed by atoms with E-state index in [4.69, 9.17) is 4.74 Å². The number of amides is 2. The molecular formula is C26H26F2N2O5. The Morgan fingerprint density at radius 3 is 2.23 bits per heavy atom. The van der Waals surface area contributed by atoms with Crippen LogP contribution in [0.4, 0.5) is 13.6 Å². The Labute approximate surface area is 201 Å². The highest BCUT2D eigenvalue weighted by Crippen LogP contribution is 2.44. The minimum Gasteiger partial charge on any atom is -0.480 e. The van der Waals surface area contributed by atoms with E-state index < -0.39 is 48.9 Å². The number of rotatable bonds is 7. The summed E-state index contributed by atoms with van der Waals surface area (Å²) in [5.74, 6) is -5.56. The lowest BCUT2D eigenvalue weighted by Gasteiger charge is -2.27. The Balaban J connectivity index is 1.28. The molecule has 1 saturated heterocycles. The first-order valence-electron chi connectivity index (χ1n) is 11.8. The van der Waals surface area contributed by atoms with Gasteiger partial charge < -0.3 is 20.1 Å². The average molecular weight is 484 g/mol. The van der Waals surface area contributed by atoms with Crippen molar-refractivity contribution in [3.8, 4) is 11.1 Å². The van der Waals surface area contributed by atoms with Crippen molar-refractivity contribution < 1.29 is 33.0 Å². The highest BCUT2D eigenvalue weighted by Gasteiger charge is 2.51. The zero-order chi connectivity index (χ0) is 24.7. The molecule has 2 atom stereocenters. The monoisotopic (exact) mass is 484 g/mol. The van der Waals surface area contributed by atoms with E-state index in [-0.39, 0.29) is 24.9 Å². The lowest BCUT2D eigenvalue weighted by Crippen LogP contribution is -2.52. The minimum atomic E-state index is -3.29. The van der Waals surface area contributed by atoms with E-state index in [1.807, 2.05) is 48.5 Å². The van der Waals surface area contributed by atoms with Crippen molar-refractivity contribution in [2.75, 3.05) is 13.2 Å². The van der Waals surface area contributed by atoms with Gasteiger partial charge in [-0.1, -0.05) is 61.4 Å². The van der Waals surface area contributed by atoms with Crippen molar-refractivity contribution in [3.63, 3.8) is 0 Å². The molecule has 184 valence electrons. The summed E-state index contributed by atoms with van der Waals surface area (Å²) < 4.78 is 33.4. The lowest BCUT2D eigenvalue weighted by molar-refractivity contribution is -0.149. The van der Waals surface area contributed by atoms with E-state index >= 15 is 0 Å². The van der Waals surface area contributed by atoms with Crippen molar-refractivity contribution in [2.45, 2.75) is 49.6 Å². The van der Waals surface area contributed by atoms with Crippen LogP contribution in [0.2, 0.25) is 0 Å². The molecular weight excluding hydrogens is 458 g/mol. The fraction of sp³-hybridized carbons (Fsp3) is 0.423. The molecule has 0 bridgehead atoms. The number of ether oxygens (including phenoxy) is 1. The summed E-state index contributed by atoms with van der Waals surface area (Å²) in [6.07, 6.45) is 0.236. The number of alkyl carbamates (subject to hydrolysis) is 1. The molecule has 1 saturated carbocycles. The van der Waals surface area contributed by atoms with Gasteiger partial charge in [0.2, 0.25) is 5.91 Å². The summed E-state index contributed by atoms with van der Waals surface area (Å²) in [7, 11) is 0. The number of benzene rings is 2. The lowest BCUT2D eigenvalue weighted by atomic mass is 9.98. The van der Waals surface area contributed by atoms with E-state index in [1.54, 1.807) is 0 Å². The van der Waals surface area contributed by atoms with Gasteiger partial charge in [-0.25, -0.2) is 18.4 Å². The number of carbonyl (C=O) groups is 3. The maximum Gasteiger partial charge on any atom is 0.407 e. The molecule has 7 nitrogen and oxygen atoms in total. The van der Waals surface area contributed by atoms with Crippen LogP contribution in [0.25, 0.3) is 11.1 Å². The van der Waals surface area contributed by atoms with E-state index in [0.29, 0.717) is 4.90 Å². The van der Waals surface area contributed by atoms with Crippen LogP contribution >= 0.6 is 0 Å². The van der Waals surface area contributed by atoms with Crippen molar-refractivity contribution in [3.05, 3.63) is 59.7 Å². The van der Waals surface area contributed by atoms with Crippen molar-refractivity contribution in [1.29, 1.82) is 0 Å². The molecule has 2 fully saturated rings. The van der Waals surface area contributed by atoms with Crippen LogP contribution in [0.3, 0.4) is 0 Å². The fourth-order valence-electron chi connectivity index (χ4n) is 5.16. The van der Waals surface area contributed by atoms with Crippen molar-refractivity contribution in [1.82, 2.24) is 10.2 Å². The van der Waals surface area contributed by atoms with Crippen LogP contribution in [-0.4, -0.2) is 59.1 Å². The molecule has 1 aliphatic heterocycles. The molecule has 35 heavy (non-hydrogen) atoms. The molecule has 0 radical (unpaired) electrons. The topological polar surface area (TPSA) is 95.9 Å². The molecule has 2 aromatic rings.